The number of aryl methyl sites for hydroxylation is 2. The van der Waals surface area contributed by atoms with Gasteiger partial charge in [0.05, 0.1) is 11.1 Å². The molecule has 1 aromatic rings. The fourth-order valence-electron chi connectivity index (χ4n) is 1.98. The first kappa shape index (κ1) is 15.0. The molecule has 1 N–H and O–H groups in total. The SMILES string of the molecule is CCC(CC)C(Cl)CNC(=O)c1oc(C)nc1C. The molecule has 1 atom stereocenters. The van der Waals surface area contributed by atoms with Crippen LogP contribution >= 0.6 is 11.6 Å². The van der Waals surface area contributed by atoms with Crippen LogP contribution in [0.25, 0.3) is 0 Å². The van der Waals surface area contributed by atoms with Crippen molar-refractivity contribution < 1.29 is 9.21 Å². The van der Waals surface area contributed by atoms with E-state index in [-0.39, 0.29) is 17.0 Å². The molecule has 0 aliphatic carbocycles. The van der Waals surface area contributed by atoms with Gasteiger partial charge in [0.1, 0.15) is 0 Å². The Bertz CT molecular complexity index is 400. The molecule has 1 aromatic heterocycles. The summed E-state index contributed by atoms with van der Waals surface area (Å²) >= 11 is 6.26. The third kappa shape index (κ3) is 3.73. The minimum Gasteiger partial charge on any atom is -0.436 e. The molecule has 0 radical (unpaired) electrons. The van der Waals surface area contributed by atoms with Crippen LogP contribution in [0.4, 0.5) is 0 Å². The number of amides is 1. The number of hydrogen-bond acceptors (Lipinski definition) is 3. The maximum absolute atomic E-state index is 11.9. The average Bonchev–Trinajstić information content (AvgIpc) is 2.67. The Labute approximate surface area is 113 Å². The number of carbonyl (C=O) groups is 1. The van der Waals surface area contributed by atoms with E-state index in [0.29, 0.717) is 24.0 Å². The molecule has 5 heteroatoms. The molecular formula is C13H21ClN2O2. The van der Waals surface area contributed by atoms with E-state index in [1.807, 2.05) is 0 Å². The first-order valence-corrected chi connectivity index (χ1v) is 6.79. The summed E-state index contributed by atoms with van der Waals surface area (Å²) in [5.74, 6) is 0.954. The zero-order chi connectivity index (χ0) is 13.7. The maximum Gasteiger partial charge on any atom is 0.289 e. The second kappa shape index (κ2) is 6.78. The molecule has 102 valence electrons. The standard InChI is InChI=1S/C13H21ClN2O2/c1-5-10(6-2)11(14)7-15-13(17)12-8(3)16-9(4)18-12/h10-11H,5-7H2,1-4H3,(H,15,17). The Balaban J connectivity index is 2.53. The van der Waals surface area contributed by atoms with Crippen LogP contribution in [0.2, 0.25) is 0 Å². The van der Waals surface area contributed by atoms with Crippen molar-refractivity contribution in [1.82, 2.24) is 10.3 Å². The predicted molar refractivity (Wildman–Crippen MR) is 72.0 cm³/mol. The summed E-state index contributed by atoms with van der Waals surface area (Å²) < 4.78 is 5.26. The topological polar surface area (TPSA) is 55.1 Å². The van der Waals surface area contributed by atoms with Crippen molar-refractivity contribution in [2.45, 2.75) is 45.9 Å². The molecule has 0 bridgehead atoms. The molecule has 18 heavy (non-hydrogen) atoms. The molecule has 4 nitrogen and oxygen atoms in total. The van der Waals surface area contributed by atoms with Gasteiger partial charge in [-0.1, -0.05) is 26.7 Å². The van der Waals surface area contributed by atoms with Crippen molar-refractivity contribution in [2.75, 3.05) is 6.54 Å². The highest BCUT2D eigenvalue weighted by Crippen LogP contribution is 2.18. The number of oxazole rings is 1. The van der Waals surface area contributed by atoms with Crippen molar-refractivity contribution in [3.63, 3.8) is 0 Å². The van der Waals surface area contributed by atoms with E-state index in [1.165, 1.54) is 0 Å². The molecule has 1 rings (SSSR count). The Kier molecular flexibility index (Phi) is 5.66. The lowest BCUT2D eigenvalue weighted by Gasteiger charge is -2.19. The van der Waals surface area contributed by atoms with E-state index in [2.05, 4.69) is 24.1 Å². The highest BCUT2D eigenvalue weighted by Gasteiger charge is 2.19. The van der Waals surface area contributed by atoms with E-state index >= 15 is 0 Å². The van der Waals surface area contributed by atoms with Gasteiger partial charge in [0.25, 0.3) is 5.91 Å². The van der Waals surface area contributed by atoms with Gasteiger partial charge in [-0.3, -0.25) is 4.79 Å². The largest absolute Gasteiger partial charge is 0.436 e. The lowest BCUT2D eigenvalue weighted by Crippen LogP contribution is -2.33. The summed E-state index contributed by atoms with van der Waals surface area (Å²) in [5.41, 5.74) is 0.610. The first-order chi connectivity index (χ1) is 8.49. The number of nitrogens with zero attached hydrogens (tertiary/aromatic N) is 1. The third-order valence-electron chi connectivity index (χ3n) is 3.13. The fraction of sp³-hybridized carbons (Fsp3) is 0.692. The van der Waals surface area contributed by atoms with Gasteiger partial charge in [0, 0.05) is 13.5 Å². The molecule has 0 aliphatic rings. The predicted octanol–water partition coefficient (Wildman–Crippen LogP) is 3.06. The average molecular weight is 273 g/mol. The molecule has 0 aliphatic heterocycles. The minimum absolute atomic E-state index is 0.0479. The van der Waals surface area contributed by atoms with Gasteiger partial charge < -0.3 is 9.73 Å². The van der Waals surface area contributed by atoms with Gasteiger partial charge in [-0.25, -0.2) is 4.98 Å². The van der Waals surface area contributed by atoms with Crippen molar-refractivity contribution in [3.8, 4) is 0 Å². The summed E-state index contributed by atoms with van der Waals surface area (Å²) in [4.78, 5) is 15.9. The van der Waals surface area contributed by atoms with E-state index in [0.717, 1.165) is 12.8 Å². The molecule has 1 unspecified atom stereocenters. The van der Waals surface area contributed by atoms with Crippen molar-refractivity contribution in [3.05, 3.63) is 17.3 Å². The van der Waals surface area contributed by atoms with E-state index in [9.17, 15) is 4.79 Å². The van der Waals surface area contributed by atoms with E-state index in [4.69, 9.17) is 16.0 Å². The van der Waals surface area contributed by atoms with Gasteiger partial charge >= 0.3 is 0 Å². The van der Waals surface area contributed by atoms with E-state index in [1.54, 1.807) is 13.8 Å². The van der Waals surface area contributed by atoms with Crippen molar-refractivity contribution >= 4 is 17.5 Å². The number of aromatic nitrogens is 1. The summed E-state index contributed by atoms with van der Waals surface area (Å²) in [5, 5.41) is 2.75. The van der Waals surface area contributed by atoms with Gasteiger partial charge in [-0.05, 0) is 12.8 Å². The highest BCUT2D eigenvalue weighted by molar-refractivity contribution is 6.21. The highest BCUT2D eigenvalue weighted by atomic mass is 35.5. The summed E-state index contributed by atoms with van der Waals surface area (Å²) in [6.45, 7) is 8.14. The molecule has 0 aromatic carbocycles. The van der Waals surface area contributed by atoms with Crippen LogP contribution in [-0.4, -0.2) is 22.8 Å². The van der Waals surface area contributed by atoms with Crippen LogP contribution < -0.4 is 5.32 Å². The molecule has 1 heterocycles. The molecule has 1 amide bonds. The van der Waals surface area contributed by atoms with Crippen LogP contribution in [0, 0.1) is 19.8 Å². The minimum atomic E-state index is -0.246. The summed E-state index contributed by atoms with van der Waals surface area (Å²) in [6, 6.07) is 0. The van der Waals surface area contributed by atoms with E-state index < -0.39 is 0 Å². The van der Waals surface area contributed by atoms with Crippen LogP contribution in [-0.2, 0) is 0 Å². The summed E-state index contributed by atoms with van der Waals surface area (Å²) in [7, 11) is 0. The summed E-state index contributed by atoms with van der Waals surface area (Å²) in [6.07, 6.45) is 2.03. The fourth-order valence-corrected chi connectivity index (χ4v) is 2.41. The van der Waals surface area contributed by atoms with Gasteiger partial charge in [-0.2, -0.15) is 0 Å². The van der Waals surface area contributed by atoms with Gasteiger partial charge in [-0.15, -0.1) is 11.6 Å². The number of nitrogens with one attached hydrogen (secondary N) is 1. The number of halogens is 1. The van der Waals surface area contributed by atoms with Crippen LogP contribution in [0.15, 0.2) is 4.42 Å². The number of carbonyl (C=O) groups excluding carboxylic acids is 1. The molecule has 0 saturated carbocycles. The second-order valence-corrected chi connectivity index (χ2v) is 5.01. The number of rotatable bonds is 6. The molecular weight excluding hydrogens is 252 g/mol. The zero-order valence-corrected chi connectivity index (χ0v) is 12.2. The van der Waals surface area contributed by atoms with Crippen LogP contribution in [0.3, 0.4) is 0 Å². The number of alkyl halides is 1. The Morgan fingerprint density at radius 2 is 2.00 bits per heavy atom. The Hall–Kier alpha value is -1.03. The molecule has 0 fully saturated rings. The lowest BCUT2D eigenvalue weighted by molar-refractivity contribution is 0.0921. The smallest absolute Gasteiger partial charge is 0.289 e. The Morgan fingerprint density at radius 1 is 1.39 bits per heavy atom. The first-order valence-electron chi connectivity index (χ1n) is 6.35. The molecule has 0 spiro atoms. The van der Waals surface area contributed by atoms with Gasteiger partial charge in [0.2, 0.25) is 5.76 Å². The normalized spacial score (nSPS) is 12.8. The number of hydrogen-bond donors (Lipinski definition) is 1. The van der Waals surface area contributed by atoms with Crippen molar-refractivity contribution in [2.24, 2.45) is 5.92 Å². The Morgan fingerprint density at radius 3 is 2.44 bits per heavy atom. The van der Waals surface area contributed by atoms with Crippen molar-refractivity contribution in [1.29, 1.82) is 0 Å². The molecule has 0 saturated heterocycles. The van der Waals surface area contributed by atoms with Crippen LogP contribution in [0.1, 0.15) is 48.8 Å². The third-order valence-corrected chi connectivity index (χ3v) is 3.64. The quantitative estimate of drug-likeness (QED) is 0.810. The van der Waals surface area contributed by atoms with Gasteiger partial charge in [0.15, 0.2) is 5.89 Å². The lowest BCUT2D eigenvalue weighted by atomic mass is 9.99. The maximum atomic E-state index is 11.9. The zero-order valence-electron chi connectivity index (χ0n) is 11.4. The van der Waals surface area contributed by atoms with Crippen LogP contribution in [0.5, 0.6) is 0 Å². The second-order valence-electron chi connectivity index (χ2n) is 4.45. The monoisotopic (exact) mass is 272 g/mol.